The number of amides is 1. The highest BCUT2D eigenvalue weighted by Gasteiger charge is 2.21. The van der Waals surface area contributed by atoms with Crippen LogP contribution in [0.15, 0.2) is 75.6 Å². The maximum Gasteiger partial charge on any atom is 0.291 e. The highest BCUT2D eigenvalue weighted by molar-refractivity contribution is 6.31. The van der Waals surface area contributed by atoms with Crippen LogP contribution >= 0.6 is 11.6 Å². The molecule has 7 heteroatoms. The van der Waals surface area contributed by atoms with Crippen LogP contribution in [0.5, 0.6) is 5.75 Å². The van der Waals surface area contributed by atoms with Crippen molar-refractivity contribution in [3.8, 4) is 5.75 Å². The molecule has 2 heterocycles. The molecule has 0 unspecified atom stereocenters. The summed E-state index contributed by atoms with van der Waals surface area (Å²) in [5.74, 6) is 0.373. The molecule has 3 aromatic carbocycles. The average molecular weight is 460 g/mol. The number of aryl methyl sites for hydroxylation is 1. The number of hydrogen-bond donors (Lipinski definition) is 1. The summed E-state index contributed by atoms with van der Waals surface area (Å²) in [6, 6.07) is 18.9. The van der Waals surface area contributed by atoms with Gasteiger partial charge in [0.15, 0.2) is 11.5 Å². The monoisotopic (exact) mass is 459 g/mol. The number of rotatable bonds is 5. The van der Waals surface area contributed by atoms with E-state index in [1.807, 2.05) is 6.92 Å². The Kier molecular flexibility index (Phi) is 5.15. The lowest BCUT2D eigenvalue weighted by molar-refractivity contribution is 0.0995. The maximum atomic E-state index is 13.0. The summed E-state index contributed by atoms with van der Waals surface area (Å²) >= 11 is 6.00. The van der Waals surface area contributed by atoms with Crippen molar-refractivity contribution in [3.63, 3.8) is 0 Å². The van der Waals surface area contributed by atoms with Gasteiger partial charge in [-0.1, -0.05) is 23.7 Å². The van der Waals surface area contributed by atoms with E-state index in [-0.39, 0.29) is 17.3 Å². The standard InChI is InChI=1S/C26H18ClNO5/c1-14-20-13-18(28-26(30)23-12-16-10-17(27)6-8-21(16)32-23)7-9-22(20)33-25(14)24(29)15-4-3-5-19(11-15)31-2/h3-13H,1-2H3,(H,28,30). The zero-order chi connectivity index (χ0) is 23.1. The molecule has 0 spiro atoms. The van der Waals surface area contributed by atoms with Crippen LogP contribution in [0.4, 0.5) is 5.69 Å². The Morgan fingerprint density at radius 1 is 0.939 bits per heavy atom. The van der Waals surface area contributed by atoms with Crippen molar-refractivity contribution in [1.29, 1.82) is 0 Å². The summed E-state index contributed by atoms with van der Waals surface area (Å²) in [5.41, 5.74) is 2.83. The Bertz CT molecular complexity index is 1550. The van der Waals surface area contributed by atoms with Crippen LogP contribution in [0.25, 0.3) is 21.9 Å². The van der Waals surface area contributed by atoms with E-state index in [2.05, 4.69) is 5.32 Å². The molecule has 6 nitrogen and oxygen atoms in total. The number of anilines is 1. The molecule has 0 atom stereocenters. The first-order valence-corrected chi connectivity index (χ1v) is 10.5. The van der Waals surface area contributed by atoms with E-state index in [0.29, 0.717) is 38.8 Å². The zero-order valence-corrected chi connectivity index (χ0v) is 18.5. The second kappa shape index (κ2) is 8.15. The van der Waals surface area contributed by atoms with Gasteiger partial charge < -0.3 is 18.9 Å². The van der Waals surface area contributed by atoms with Crippen LogP contribution < -0.4 is 10.1 Å². The summed E-state index contributed by atoms with van der Waals surface area (Å²) < 4.78 is 16.7. The number of halogens is 1. The van der Waals surface area contributed by atoms with Gasteiger partial charge in [0.25, 0.3) is 5.91 Å². The summed E-state index contributed by atoms with van der Waals surface area (Å²) in [6.07, 6.45) is 0. The quantitative estimate of drug-likeness (QED) is 0.298. The van der Waals surface area contributed by atoms with Crippen molar-refractivity contribution < 1.29 is 23.2 Å². The van der Waals surface area contributed by atoms with Crippen LogP contribution in [0.2, 0.25) is 5.02 Å². The van der Waals surface area contributed by atoms with Crippen molar-refractivity contribution in [2.45, 2.75) is 6.92 Å². The van der Waals surface area contributed by atoms with Gasteiger partial charge in [-0.2, -0.15) is 0 Å². The molecule has 5 aromatic rings. The summed E-state index contributed by atoms with van der Waals surface area (Å²) in [6.45, 7) is 1.81. The number of hydrogen-bond acceptors (Lipinski definition) is 5. The van der Waals surface area contributed by atoms with Gasteiger partial charge in [-0.15, -0.1) is 0 Å². The van der Waals surface area contributed by atoms with Gasteiger partial charge >= 0.3 is 0 Å². The van der Waals surface area contributed by atoms with Crippen molar-refractivity contribution >= 4 is 50.9 Å². The van der Waals surface area contributed by atoms with Crippen LogP contribution in [0.1, 0.15) is 32.2 Å². The van der Waals surface area contributed by atoms with E-state index in [4.69, 9.17) is 25.2 Å². The Balaban J connectivity index is 1.43. The lowest BCUT2D eigenvalue weighted by Crippen LogP contribution is -2.10. The highest BCUT2D eigenvalue weighted by atomic mass is 35.5. The Morgan fingerprint density at radius 2 is 1.76 bits per heavy atom. The van der Waals surface area contributed by atoms with E-state index in [9.17, 15) is 9.59 Å². The molecule has 5 rings (SSSR count). The van der Waals surface area contributed by atoms with Crippen LogP contribution in [0, 0.1) is 6.92 Å². The second-order valence-corrected chi connectivity index (χ2v) is 8.01. The van der Waals surface area contributed by atoms with Crippen LogP contribution in [-0.2, 0) is 0 Å². The van der Waals surface area contributed by atoms with Crippen LogP contribution in [0.3, 0.4) is 0 Å². The minimum absolute atomic E-state index is 0.171. The maximum absolute atomic E-state index is 13.0. The van der Waals surface area contributed by atoms with Gasteiger partial charge in [0.1, 0.15) is 16.9 Å². The number of nitrogens with one attached hydrogen (secondary N) is 1. The number of ketones is 1. The van der Waals surface area contributed by atoms with Gasteiger partial charge in [-0.25, -0.2) is 0 Å². The van der Waals surface area contributed by atoms with E-state index in [0.717, 1.165) is 10.8 Å². The van der Waals surface area contributed by atoms with Gasteiger partial charge in [0.05, 0.1) is 7.11 Å². The molecule has 1 N–H and O–H groups in total. The predicted octanol–water partition coefficient (Wildman–Crippen LogP) is 6.63. The third-order valence-electron chi connectivity index (χ3n) is 5.43. The van der Waals surface area contributed by atoms with Gasteiger partial charge in [-0.3, -0.25) is 9.59 Å². The Labute approximate surface area is 193 Å². The molecule has 0 bridgehead atoms. The van der Waals surface area contributed by atoms with Crippen LogP contribution in [-0.4, -0.2) is 18.8 Å². The van der Waals surface area contributed by atoms with Crippen molar-refractivity contribution in [3.05, 3.63) is 94.4 Å². The molecule has 0 aliphatic carbocycles. The minimum atomic E-state index is -0.393. The van der Waals surface area contributed by atoms with E-state index in [1.54, 1.807) is 73.8 Å². The smallest absolute Gasteiger partial charge is 0.291 e. The summed E-state index contributed by atoms with van der Waals surface area (Å²) in [4.78, 5) is 25.7. The minimum Gasteiger partial charge on any atom is -0.497 e. The number of carbonyl (C=O) groups excluding carboxylic acids is 2. The molecule has 2 aromatic heterocycles. The predicted molar refractivity (Wildman–Crippen MR) is 127 cm³/mol. The average Bonchev–Trinajstić information content (AvgIpc) is 3.39. The van der Waals surface area contributed by atoms with Crippen molar-refractivity contribution in [2.75, 3.05) is 12.4 Å². The number of methoxy groups -OCH3 is 1. The van der Waals surface area contributed by atoms with Crippen molar-refractivity contribution in [2.24, 2.45) is 0 Å². The molecule has 164 valence electrons. The van der Waals surface area contributed by atoms with Gasteiger partial charge in [0, 0.05) is 32.6 Å². The Hall–Kier alpha value is -4.03. The molecule has 0 aliphatic rings. The molecule has 0 fully saturated rings. The first-order valence-electron chi connectivity index (χ1n) is 10.2. The first kappa shape index (κ1) is 20.8. The normalized spacial score (nSPS) is 11.1. The molecule has 0 saturated carbocycles. The number of benzene rings is 3. The fourth-order valence-corrected chi connectivity index (χ4v) is 3.91. The number of fused-ring (bicyclic) bond motifs is 2. The third kappa shape index (κ3) is 3.85. The molecule has 1 amide bonds. The molecule has 0 aliphatic heterocycles. The SMILES string of the molecule is COc1cccc(C(=O)c2oc3ccc(NC(=O)c4cc5cc(Cl)ccc5o4)cc3c2C)c1. The largest absolute Gasteiger partial charge is 0.497 e. The fourth-order valence-electron chi connectivity index (χ4n) is 3.73. The van der Waals surface area contributed by atoms with E-state index >= 15 is 0 Å². The summed E-state index contributed by atoms with van der Waals surface area (Å²) in [7, 11) is 1.55. The van der Waals surface area contributed by atoms with Crippen molar-refractivity contribution in [1.82, 2.24) is 0 Å². The first-order chi connectivity index (χ1) is 15.9. The number of ether oxygens (including phenoxy) is 1. The molecular weight excluding hydrogens is 442 g/mol. The van der Waals surface area contributed by atoms with E-state index < -0.39 is 5.91 Å². The molecule has 0 radical (unpaired) electrons. The lowest BCUT2D eigenvalue weighted by Gasteiger charge is -2.03. The summed E-state index contributed by atoms with van der Waals surface area (Å²) in [5, 5.41) is 4.87. The lowest BCUT2D eigenvalue weighted by atomic mass is 10.0. The second-order valence-electron chi connectivity index (χ2n) is 7.58. The van der Waals surface area contributed by atoms with Gasteiger partial charge in [0.2, 0.25) is 5.78 Å². The van der Waals surface area contributed by atoms with E-state index in [1.165, 1.54) is 0 Å². The fraction of sp³-hybridized carbons (Fsp3) is 0.0769. The number of carbonyl (C=O) groups is 2. The highest BCUT2D eigenvalue weighted by Crippen LogP contribution is 2.30. The number of furan rings is 2. The Morgan fingerprint density at radius 3 is 2.58 bits per heavy atom. The molecule has 0 saturated heterocycles. The third-order valence-corrected chi connectivity index (χ3v) is 5.67. The zero-order valence-electron chi connectivity index (χ0n) is 17.8. The molecule has 33 heavy (non-hydrogen) atoms. The topological polar surface area (TPSA) is 81.7 Å². The molecular formula is C26H18ClNO5. The van der Waals surface area contributed by atoms with Gasteiger partial charge in [-0.05, 0) is 61.5 Å².